The first-order valence-corrected chi connectivity index (χ1v) is 7.95. The smallest absolute Gasteiger partial charge is 0.263 e. The summed E-state index contributed by atoms with van der Waals surface area (Å²) < 4.78 is 0. The highest BCUT2D eigenvalue weighted by atomic mass is 35.5. The molecule has 1 heterocycles. The molecule has 0 aliphatic heterocycles. The fourth-order valence-corrected chi connectivity index (χ4v) is 3.27. The van der Waals surface area contributed by atoms with Gasteiger partial charge in [0.2, 0.25) is 0 Å². The molecule has 0 aliphatic rings. The van der Waals surface area contributed by atoms with E-state index < -0.39 is 5.54 Å². The molecule has 0 fully saturated rings. The molecule has 106 valence electrons. The van der Waals surface area contributed by atoms with Gasteiger partial charge in [0, 0.05) is 5.88 Å². The molecule has 2 aromatic rings. The molecule has 1 N–H and O–H groups in total. The summed E-state index contributed by atoms with van der Waals surface area (Å²) in [6.07, 6.45) is 0. The number of carbonyl (C=O) groups is 1. The van der Waals surface area contributed by atoms with Crippen LogP contribution in [-0.2, 0) is 5.54 Å². The van der Waals surface area contributed by atoms with Gasteiger partial charge in [0.15, 0.2) is 0 Å². The lowest BCUT2D eigenvalue weighted by molar-refractivity contribution is 0.0917. The van der Waals surface area contributed by atoms with Crippen molar-refractivity contribution in [3.63, 3.8) is 0 Å². The minimum absolute atomic E-state index is 0.194. The van der Waals surface area contributed by atoms with E-state index in [0.29, 0.717) is 9.90 Å². The molecule has 0 radical (unpaired) electrons. The molecule has 0 aliphatic carbocycles. The first-order valence-electron chi connectivity index (χ1n) is 6.15. The van der Waals surface area contributed by atoms with Crippen LogP contribution in [-0.4, -0.2) is 11.8 Å². The van der Waals surface area contributed by atoms with Crippen LogP contribution < -0.4 is 5.32 Å². The molecule has 0 saturated carbocycles. The van der Waals surface area contributed by atoms with Crippen molar-refractivity contribution in [3.8, 4) is 0 Å². The van der Waals surface area contributed by atoms with E-state index in [1.165, 1.54) is 11.3 Å². The van der Waals surface area contributed by atoms with Crippen LogP contribution in [0, 0.1) is 6.92 Å². The molecule has 0 saturated heterocycles. The lowest BCUT2D eigenvalue weighted by Gasteiger charge is -2.29. The minimum Gasteiger partial charge on any atom is -0.341 e. The largest absolute Gasteiger partial charge is 0.341 e. The van der Waals surface area contributed by atoms with E-state index in [1.807, 2.05) is 49.6 Å². The Balaban J connectivity index is 2.27. The Hall–Kier alpha value is -1.03. The quantitative estimate of drug-likeness (QED) is 0.817. The molecule has 1 aromatic carbocycles. The Labute approximate surface area is 132 Å². The summed E-state index contributed by atoms with van der Waals surface area (Å²) in [7, 11) is 0. The molecule has 20 heavy (non-hydrogen) atoms. The van der Waals surface area contributed by atoms with Gasteiger partial charge >= 0.3 is 0 Å². The Morgan fingerprint density at radius 2 is 2.00 bits per heavy atom. The molecule has 2 nitrogen and oxygen atoms in total. The van der Waals surface area contributed by atoms with Crippen molar-refractivity contribution in [3.05, 3.63) is 56.7 Å². The number of benzene rings is 1. The summed E-state index contributed by atoms with van der Waals surface area (Å²) in [4.78, 5) is 12.9. The maximum absolute atomic E-state index is 12.4. The standard InChI is InChI=1S/C15H15Cl2NOS/c1-10-8-20-13(12(10)17)14(19)18-15(2,9-16)11-6-4-3-5-7-11/h3-8H,9H2,1-2H3,(H,18,19). The number of nitrogens with one attached hydrogen (secondary N) is 1. The lowest BCUT2D eigenvalue weighted by Crippen LogP contribution is -2.44. The minimum atomic E-state index is -0.624. The first kappa shape index (κ1) is 15.4. The second kappa shape index (κ2) is 6.17. The molecule has 2 rings (SSSR count). The van der Waals surface area contributed by atoms with E-state index in [4.69, 9.17) is 23.2 Å². The van der Waals surface area contributed by atoms with Crippen LogP contribution in [0.1, 0.15) is 27.7 Å². The topological polar surface area (TPSA) is 29.1 Å². The number of aryl methyl sites for hydroxylation is 1. The third kappa shape index (κ3) is 3.00. The van der Waals surface area contributed by atoms with Crippen molar-refractivity contribution in [2.24, 2.45) is 0 Å². The first-order chi connectivity index (χ1) is 9.48. The van der Waals surface area contributed by atoms with Crippen LogP contribution in [0.3, 0.4) is 0 Å². The van der Waals surface area contributed by atoms with Crippen LogP contribution in [0.2, 0.25) is 5.02 Å². The summed E-state index contributed by atoms with van der Waals surface area (Å²) in [5.74, 6) is 0.0881. The predicted octanol–water partition coefficient (Wildman–Crippen LogP) is 4.59. The monoisotopic (exact) mass is 327 g/mol. The van der Waals surface area contributed by atoms with Crippen molar-refractivity contribution in [2.45, 2.75) is 19.4 Å². The van der Waals surface area contributed by atoms with Crippen LogP contribution in [0.25, 0.3) is 0 Å². The summed E-state index contributed by atoms with van der Waals surface area (Å²) in [5.41, 5.74) is 1.25. The number of halogens is 2. The zero-order valence-electron chi connectivity index (χ0n) is 11.2. The van der Waals surface area contributed by atoms with Crippen LogP contribution in [0.4, 0.5) is 0 Å². The number of alkyl halides is 1. The van der Waals surface area contributed by atoms with Gasteiger partial charge in [0.1, 0.15) is 4.88 Å². The van der Waals surface area contributed by atoms with Crippen molar-refractivity contribution in [2.75, 3.05) is 5.88 Å². The second-order valence-corrected chi connectivity index (χ2v) is 6.37. The Bertz CT molecular complexity index is 612. The van der Waals surface area contributed by atoms with Gasteiger partial charge in [-0.05, 0) is 30.4 Å². The lowest BCUT2D eigenvalue weighted by atomic mass is 9.94. The summed E-state index contributed by atoms with van der Waals surface area (Å²) in [6, 6.07) is 9.68. The van der Waals surface area contributed by atoms with E-state index in [9.17, 15) is 4.79 Å². The molecule has 0 bridgehead atoms. The SMILES string of the molecule is Cc1csc(C(=O)NC(C)(CCl)c2ccccc2)c1Cl. The predicted molar refractivity (Wildman–Crippen MR) is 86.0 cm³/mol. The van der Waals surface area contributed by atoms with Crippen LogP contribution in [0.5, 0.6) is 0 Å². The van der Waals surface area contributed by atoms with Gasteiger partial charge in [-0.3, -0.25) is 4.79 Å². The van der Waals surface area contributed by atoms with Gasteiger partial charge in [-0.25, -0.2) is 0 Å². The highest BCUT2D eigenvalue weighted by molar-refractivity contribution is 7.13. The molecule has 1 aromatic heterocycles. The molecule has 0 spiro atoms. The van der Waals surface area contributed by atoms with Gasteiger partial charge in [0.25, 0.3) is 5.91 Å². The highest BCUT2D eigenvalue weighted by Gasteiger charge is 2.29. The number of rotatable bonds is 4. The summed E-state index contributed by atoms with van der Waals surface area (Å²) in [6.45, 7) is 3.79. The summed E-state index contributed by atoms with van der Waals surface area (Å²) >= 11 is 13.6. The zero-order chi connectivity index (χ0) is 14.8. The number of amides is 1. The molecule has 1 atom stereocenters. The van der Waals surface area contributed by atoms with Crippen molar-refractivity contribution in [1.29, 1.82) is 0 Å². The number of hydrogen-bond donors (Lipinski definition) is 1. The van der Waals surface area contributed by atoms with Crippen LogP contribution >= 0.6 is 34.5 Å². The van der Waals surface area contributed by atoms with Gasteiger partial charge in [-0.15, -0.1) is 22.9 Å². The maximum atomic E-state index is 12.4. The van der Waals surface area contributed by atoms with Crippen molar-refractivity contribution < 1.29 is 4.79 Å². The van der Waals surface area contributed by atoms with E-state index in [1.54, 1.807) is 0 Å². The fraction of sp³-hybridized carbons (Fsp3) is 0.267. The molecule has 5 heteroatoms. The Morgan fingerprint density at radius 3 is 2.50 bits per heavy atom. The van der Waals surface area contributed by atoms with E-state index >= 15 is 0 Å². The number of thiophene rings is 1. The zero-order valence-corrected chi connectivity index (χ0v) is 13.6. The van der Waals surface area contributed by atoms with Crippen molar-refractivity contribution in [1.82, 2.24) is 5.32 Å². The fourth-order valence-electron chi connectivity index (χ4n) is 1.88. The third-order valence-electron chi connectivity index (χ3n) is 3.17. The van der Waals surface area contributed by atoms with Gasteiger partial charge < -0.3 is 5.32 Å². The Morgan fingerprint density at radius 1 is 1.35 bits per heavy atom. The molecular weight excluding hydrogens is 313 g/mol. The average molecular weight is 328 g/mol. The van der Waals surface area contributed by atoms with Gasteiger partial charge in [-0.2, -0.15) is 0 Å². The normalized spacial score (nSPS) is 13.8. The number of carbonyl (C=O) groups excluding carboxylic acids is 1. The van der Waals surface area contributed by atoms with Crippen molar-refractivity contribution >= 4 is 40.4 Å². The summed E-state index contributed by atoms with van der Waals surface area (Å²) in [5, 5.41) is 5.37. The van der Waals surface area contributed by atoms with Crippen LogP contribution in [0.15, 0.2) is 35.7 Å². The highest BCUT2D eigenvalue weighted by Crippen LogP contribution is 2.29. The van der Waals surface area contributed by atoms with Gasteiger partial charge in [-0.1, -0.05) is 41.9 Å². The maximum Gasteiger partial charge on any atom is 0.263 e. The van der Waals surface area contributed by atoms with Gasteiger partial charge in [0.05, 0.1) is 10.6 Å². The average Bonchev–Trinajstić information content (AvgIpc) is 2.80. The molecule has 1 unspecified atom stereocenters. The number of hydrogen-bond acceptors (Lipinski definition) is 2. The molecule has 1 amide bonds. The Kier molecular flexibility index (Phi) is 4.74. The van der Waals surface area contributed by atoms with E-state index in [0.717, 1.165) is 11.1 Å². The van der Waals surface area contributed by atoms with E-state index in [-0.39, 0.29) is 11.8 Å². The molecular formula is C15H15Cl2NOS. The second-order valence-electron chi connectivity index (χ2n) is 4.85. The van der Waals surface area contributed by atoms with E-state index in [2.05, 4.69) is 5.32 Å². The third-order valence-corrected chi connectivity index (χ3v) is 5.40.